The summed E-state index contributed by atoms with van der Waals surface area (Å²) in [6, 6.07) is 11.3. The van der Waals surface area contributed by atoms with Crippen LogP contribution in [-0.2, 0) is 9.59 Å². The van der Waals surface area contributed by atoms with Gasteiger partial charge in [-0.2, -0.15) is 5.10 Å². The van der Waals surface area contributed by atoms with Crippen molar-refractivity contribution in [2.24, 2.45) is 10.8 Å². The summed E-state index contributed by atoms with van der Waals surface area (Å²) < 4.78 is 0. The van der Waals surface area contributed by atoms with E-state index in [-0.39, 0.29) is 10.9 Å². The minimum atomic E-state index is -1.12. The maximum absolute atomic E-state index is 12.3. The Bertz CT molecular complexity index is 895. The predicted octanol–water partition coefficient (Wildman–Crippen LogP) is 2.57. The van der Waals surface area contributed by atoms with E-state index in [1.165, 1.54) is 12.1 Å². The molecule has 0 bridgehead atoms. The Morgan fingerprint density at radius 2 is 1.69 bits per heavy atom. The van der Waals surface area contributed by atoms with Crippen molar-refractivity contribution in [3.05, 3.63) is 63.6 Å². The maximum Gasteiger partial charge on any atom is 0.329 e. The molecule has 0 saturated carbocycles. The molecule has 2 aromatic rings. The summed E-state index contributed by atoms with van der Waals surface area (Å²) in [4.78, 5) is 34.0. The fourth-order valence-electron chi connectivity index (χ4n) is 1.92. The Labute approximate surface area is 159 Å². The minimum absolute atomic E-state index is 0.250. The average molecular weight is 393 g/mol. The summed E-state index contributed by atoms with van der Waals surface area (Å²) >= 11 is 11.8. The number of hydrazone groups is 1. The molecule has 7 nitrogen and oxygen atoms in total. The van der Waals surface area contributed by atoms with Gasteiger partial charge in [0, 0.05) is 10.7 Å². The van der Waals surface area contributed by atoms with Crippen LogP contribution in [0.3, 0.4) is 0 Å². The van der Waals surface area contributed by atoms with Crippen LogP contribution in [-0.4, -0.2) is 23.4 Å². The maximum atomic E-state index is 12.3. The standard InChI is InChI=1S/C17H14Cl2N4O3/c1-9(22-23-17(26)15(20)24)10-2-5-12(6-3-10)21-16(25)13-7-4-11(18)8-14(13)19/h2-8H,1H3,(H2,20,24)(H,21,25)(H,23,26)/b22-9+. The molecule has 9 heteroatoms. The lowest BCUT2D eigenvalue weighted by molar-refractivity contribution is -0.137. The number of nitrogens with one attached hydrogen (secondary N) is 2. The van der Waals surface area contributed by atoms with Crippen LogP contribution < -0.4 is 16.5 Å². The van der Waals surface area contributed by atoms with E-state index < -0.39 is 11.8 Å². The second-order valence-electron chi connectivity index (χ2n) is 5.16. The highest BCUT2D eigenvalue weighted by molar-refractivity contribution is 6.37. The van der Waals surface area contributed by atoms with E-state index in [0.29, 0.717) is 27.5 Å². The molecule has 0 spiro atoms. The molecule has 0 atom stereocenters. The van der Waals surface area contributed by atoms with E-state index in [0.717, 1.165) is 0 Å². The molecule has 0 saturated heterocycles. The third kappa shape index (κ3) is 5.05. The highest BCUT2D eigenvalue weighted by Crippen LogP contribution is 2.22. The summed E-state index contributed by atoms with van der Waals surface area (Å²) in [6.45, 7) is 1.64. The van der Waals surface area contributed by atoms with Gasteiger partial charge < -0.3 is 11.1 Å². The van der Waals surface area contributed by atoms with Crippen LogP contribution in [0.15, 0.2) is 47.6 Å². The Hall–Kier alpha value is -2.90. The second-order valence-corrected chi connectivity index (χ2v) is 6.00. The van der Waals surface area contributed by atoms with Gasteiger partial charge in [-0.15, -0.1) is 0 Å². The number of anilines is 1. The molecule has 0 fully saturated rings. The van der Waals surface area contributed by atoms with Crippen molar-refractivity contribution in [3.63, 3.8) is 0 Å². The topological polar surface area (TPSA) is 114 Å². The van der Waals surface area contributed by atoms with Crippen LogP contribution in [0.4, 0.5) is 5.69 Å². The lowest BCUT2D eigenvalue weighted by Crippen LogP contribution is -2.33. The van der Waals surface area contributed by atoms with Crippen LogP contribution in [0.5, 0.6) is 0 Å². The van der Waals surface area contributed by atoms with Crippen LogP contribution in [0.1, 0.15) is 22.8 Å². The number of hydrogen-bond acceptors (Lipinski definition) is 4. The lowest BCUT2D eigenvalue weighted by atomic mass is 10.1. The Morgan fingerprint density at radius 1 is 1.04 bits per heavy atom. The van der Waals surface area contributed by atoms with Gasteiger partial charge in [0.05, 0.1) is 16.3 Å². The monoisotopic (exact) mass is 392 g/mol. The molecule has 0 heterocycles. The Morgan fingerprint density at radius 3 is 2.27 bits per heavy atom. The van der Waals surface area contributed by atoms with E-state index in [1.807, 2.05) is 5.43 Å². The molecule has 0 unspecified atom stereocenters. The van der Waals surface area contributed by atoms with Gasteiger partial charge in [0.15, 0.2) is 0 Å². The highest BCUT2D eigenvalue weighted by Gasteiger charge is 2.11. The van der Waals surface area contributed by atoms with Crippen molar-refractivity contribution in [1.29, 1.82) is 0 Å². The average Bonchev–Trinajstić information content (AvgIpc) is 2.59. The minimum Gasteiger partial charge on any atom is -0.361 e. The number of carbonyl (C=O) groups excluding carboxylic acids is 3. The van der Waals surface area contributed by atoms with Crippen molar-refractivity contribution in [2.45, 2.75) is 6.92 Å². The summed E-state index contributed by atoms with van der Waals surface area (Å²) in [7, 11) is 0. The third-order valence-corrected chi connectivity index (χ3v) is 3.83. The van der Waals surface area contributed by atoms with Gasteiger partial charge >= 0.3 is 11.8 Å². The van der Waals surface area contributed by atoms with Crippen molar-refractivity contribution >= 4 is 52.3 Å². The first-order valence-electron chi connectivity index (χ1n) is 7.29. The van der Waals surface area contributed by atoms with Gasteiger partial charge in [-0.3, -0.25) is 14.4 Å². The molecular formula is C17H14Cl2N4O3. The van der Waals surface area contributed by atoms with Gasteiger partial charge in [-0.05, 0) is 42.8 Å². The SMILES string of the molecule is C/C(=N\NC(=O)C(N)=O)c1ccc(NC(=O)c2ccc(Cl)cc2Cl)cc1. The first kappa shape index (κ1) is 19.4. The molecule has 0 radical (unpaired) electrons. The molecule has 2 rings (SSSR count). The number of primary amides is 1. The number of nitrogens with zero attached hydrogens (tertiary/aromatic N) is 1. The summed E-state index contributed by atoms with van der Waals surface area (Å²) in [5.41, 5.74) is 8.83. The van der Waals surface area contributed by atoms with Crippen LogP contribution in [0, 0.1) is 0 Å². The van der Waals surface area contributed by atoms with Gasteiger partial charge in [0.1, 0.15) is 0 Å². The largest absolute Gasteiger partial charge is 0.361 e. The summed E-state index contributed by atoms with van der Waals surface area (Å²) in [6.07, 6.45) is 0. The predicted molar refractivity (Wildman–Crippen MR) is 100 cm³/mol. The number of amides is 3. The number of nitrogens with two attached hydrogens (primary N) is 1. The van der Waals surface area contributed by atoms with Crippen molar-refractivity contribution < 1.29 is 14.4 Å². The second kappa shape index (κ2) is 8.46. The third-order valence-electron chi connectivity index (χ3n) is 3.29. The van der Waals surface area contributed by atoms with Crippen molar-refractivity contribution in [1.82, 2.24) is 5.43 Å². The van der Waals surface area contributed by atoms with Crippen molar-refractivity contribution in [2.75, 3.05) is 5.32 Å². The van der Waals surface area contributed by atoms with E-state index in [9.17, 15) is 14.4 Å². The zero-order valence-electron chi connectivity index (χ0n) is 13.5. The number of rotatable bonds is 4. The van der Waals surface area contributed by atoms with Crippen molar-refractivity contribution in [3.8, 4) is 0 Å². The fraction of sp³-hybridized carbons (Fsp3) is 0.0588. The first-order valence-corrected chi connectivity index (χ1v) is 8.04. The molecule has 2 aromatic carbocycles. The molecule has 0 aromatic heterocycles. The molecule has 0 aliphatic heterocycles. The molecule has 0 aliphatic carbocycles. The van der Waals surface area contributed by atoms with Gasteiger partial charge in [-0.25, -0.2) is 5.43 Å². The van der Waals surface area contributed by atoms with Crippen LogP contribution in [0.25, 0.3) is 0 Å². The zero-order valence-corrected chi connectivity index (χ0v) is 15.1. The van der Waals surface area contributed by atoms with Crippen LogP contribution in [0.2, 0.25) is 10.0 Å². The van der Waals surface area contributed by atoms with E-state index in [4.69, 9.17) is 28.9 Å². The quantitative estimate of drug-likeness (QED) is 0.421. The summed E-state index contributed by atoms with van der Waals surface area (Å²) in [5, 5.41) is 7.17. The first-order chi connectivity index (χ1) is 12.3. The number of carbonyl (C=O) groups is 3. The van der Waals surface area contributed by atoms with Gasteiger partial charge in [0.25, 0.3) is 5.91 Å². The van der Waals surface area contributed by atoms with E-state index in [1.54, 1.807) is 37.3 Å². The number of halogens is 2. The number of hydrogen-bond donors (Lipinski definition) is 3. The van der Waals surface area contributed by atoms with Gasteiger partial charge in [0.2, 0.25) is 0 Å². The molecule has 26 heavy (non-hydrogen) atoms. The summed E-state index contributed by atoms with van der Waals surface area (Å²) in [5.74, 6) is -2.51. The molecule has 3 amide bonds. The molecule has 0 aliphatic rings. The Kier molecular flexibility index (Phi) is 6.32. The fourth-order valence-corrected chi connectivity index (χ4v) is 2.42. The smallest absolute Gasteiger partial charge is 0.329 e. The van der Waals surface area contributed by atoms with Gasteiger partial charge in [-0.1, -0.05) is 35.3 Å². The normalized spacial score (nSPS) is 11.0. The molecular weight excluding hydrogens is 379 g/mol. The number of benzene rings is 2. The molecule has 134 valence electrons. The zero-order chi connectivity index (χ0) is 19.3. The van der Waals surface area contributed by atoms with E-state index in [2.05, 4.69) is 10.4 Å². The molecule has 4 N–H and O–H groups in total. The highest BCUT2D eigenvalue weighted by atomic mass is 35.5. The van der Waals surface area contributed by atoms with Crippen LogP contribution >= 0.6 is 23.2 Å². The Balaban J connectivity index is 2.07. The lowest BCUT2D eigenvalue weighted by Gasteiger charge is -2.08. The van der Waals surface area contributed by atoms with E-state index >= 15 is 0 Å².